The van der Waals surface area contributed by atoms with Crippen molar-refractivity contribution in [3.8, 4) is 0 Å². The van der Waals surface area contributed by atoms with E-state index in [0.29, 0.717) is 11.3 Å². The van der Waals surface area contributed by atoms with Gasteiger partial charge in [0.2, 0.25) is 0 Å². The van der Waals surface area contributed by atoms with Crippen LogP contribution in [-0.4, -0.2) is 31.8 Å². The third-order valence-corrected chi connectivity index (χ3v) is 7.02. The average molecular weight is 441 g/mol. The Bertz CT molecular complexity index is 962. The fourth-order valence-electron chi connectivity index (χ4n) is 3.43. The number of rotatable bonds is 5. The topological polar surface area (TPSA) is 66.5 Å². The number of nitrogens with one attached hydrogen (secondary N) is 1. The molecule has 3 rings (SSSR count). The number of carbonyl (C=O) groups is 1. The van der Waals surface area contributed by atoms with E-state index in [9.17, 15) is 13.2 Å². The van der Waals surface area contributed by atoms with Gasteiger partial charge < -0.3 is 4.90 Å². The second-order valence-electron chi connectivity index (χ2n) is 6.81. The minimum atomic E-state index is -3.89. The van der Waals surface area contributed by atoms with E-state index >= 15 is 0 Å². The molecule has 0 bridgehead atoms. The first-order chi connectivity index (χ1) is 13.3. The highest BCUT2D eigenvalue weighted by molar-refractivity contribution is 7.92. The fourth-order valence-corrected chi connectivity index (χ4v) is 5.25. The van der Waals surface area contributed by atoms with E-state index in [4.69, 9.17) is 23.2 Å². The fraction of sp³-hybridized carbons (Fsp3) is 0.350. The van der Waals surface area contributed by atoms with E-state index in [-0.39, 0.29) is 26.9 Å². The molecule has 1 aliphatic rings. The standard InChI is InChI=1S/C20H22Cl2N2O3S/c1-2-17-5-3-4-12-24(17)20(25)14-6-9-16(10-7-14)23-28(26,27)19-13-15(21)8-11-18(19)22/h6-11,13,17,23H,2-5,12H2,1H3. The Labute approximate surface area is 175 Å². The molecule has 1 saturated heterocycles. The number of hydrogen-bond acceptors (Lipinski definition) is 3. The Morgan fingerprint density at radius 1 is 1.14 bits per heavy atom. The predicted molar refractivity (Wildman–Crippen MR) is 113 cm³/mol. The van der Waals surface area contributed by atoms with Crippen LogP contribution in [0.4, 0.5) is 5.69 Å². The molecule has 8 heteroatoms. The van der Waals surface area contributed by atoms with Crippen LogP contribution in [0.2, 0.25) is 10.0 Å². The summed E-state index contributed by atoms with van der Waals surface area (Å²) in [4.78, 5) is 14.7. The summed E-state index contributed by atoms with van der Waals surface area (Å²) in [5, 5.41) is 0.358. The lowest BCUT2D eigenvalue weighted by Crippen LogP contribution is -2.43. The Kier molecular flexibility index (Phi) is 6.53. The highest BCUT2D eigenvalue weighted by atomic mass is 35.5. The van der Waals surface area contributed by atoms with Crippen LogP contribution in [-0.2, 0) is 10.0 Å². The summed E-state index contributed by atoms with van der Waals surface area (Å²) in [5.41, 5.74) is 0.891. The number of hydrogen-bond donors (Lipinski definition) is 1. The molecule has 0 aromatic heterocycles. The van der Waals surface area contributed by atoms with Crippen LogP contribution in [0.25, 0.3) is 0 Å². The number of carbonyl (C=O) groups excluding carboxylic acids is 1. The van der Waals surface area contributed by atoms with Gasteiger partial charge in [0.25, 0.3) is 15.9 Å². The first-order valence-corrected chi connectivity index (χ1v) is 11.4. The maximum atomic E-state index is 12.8. The SMILES string of the molecule is CCC1CCCCN1C(=O)c1ccc(NS(=O)(=O)c2cc(Cl)ccc2Cl)cc1. The second kappa shape index (κ2) is 8.72. The minimum absolute atomic E-state index is 0.0150. The van der Waals surface area contributed by atoms with Crippen LogP contribution >= 0.6 is 23.2 Å². The van der Waals surface area contributed by atoms with E-state index in [1.165, 1.54) is 18.2 Å². The zero-order valence-corrected chi connectivity index (χ0v) is 17.8. The molecule has 2 aromatic carbocycles. The van der Waals surface area contributed by atoms with Gasteiger partial charge >= 0.3 is 0 Å². The van der Waals surface area contributed by atoms with Gasteiger partial charge in [-0.05, 0) is 68.1 Å². The van der Waals surface area contributed by atoms with Crippen molar-refractivity contribution in [2.75, 3.05) is 11.3 Å². The zero-order valence-electron chi connectivity index (χ0n) is 15.5. The Hall–Kier alpha value is -1.76. The lowest BCUT2D eigenvalue weighted by atomic mass is 9.99. The van der Waals surface area contributed by atoms with Crippen molar-refractivity contribution in [3.63, 3.8) is 0 Å². The molecule has 1 aliphatic heterocycles. The maximum absolute atomic E-state index is 12.8. The van der Waals surface area contributed by atoms with Crippen molar-refractivity contribution < 1.29 is 13.2 Å². The number of amides is 1. The Balaban J connectivity index is 1.77. The van der Waals surface area contributed by atoms with E-state index in [2.05, 4.69) is 11.6 Å². The van der Waals surface area contributed by atoms with Crippen LogP contribution < -0.4 is 4.72 Å². The number of anilines is 1. The highest BCUT2D eigenvalue weighted by Crippen LogP contribution is 2.27. The summed E-state index contributed by atoms with van der Waals surface area (Å²) in [6, 6.07) is 11.0. The van der Waals surface area contributed by atoms with E-state index in [1.54, 1.807) is 24.3 Å². The number of nitrogens with zero attached hydrogens (tertiary/aromatic N) is 1. The Morgan fingerprint density at radius 3 is 2.54 bits per heavy atom. The normalized spacial score (nSPS) is 17.4. The van der Waals surface area contributed by atoms with Crippen molar-refractivity contribution in [3.05, 3.63) is 58.1 Å². The van der Waals surface area contributed by atoms with E-state index in [1.807, 2.05) is 4.90 Å². The summed E-state index contributed by atoms with van der Waals surface area (Å²) < 4.78 is 27.7. The molecule has 0 saturated carbocycles. The van der Waals surface area contributed by atoms with Gasteiger partial charge in [0, 0.05) is 28.9 Å². The summed E-state index contributed by atoms with van der Waals surface area (Å²) in [6.07, 6.45) is 4.13. The number of sulfonamides is 1. The van der Waals surface area contributed by atoms with E-state index in [0.717, 1.165) is 32.2 Å². The maximum Gasteiger partial charge on any atom is 0.263 e. The second-order valence-corrected chi connectivity index (χ2v) is 9.31. The van der Waals surface area contributed by atoms with Crippen molar-refractivity contribution >= 4 is 44.8 Å². The molecular formula is C20H22Cl2N2O3S. The molecule has 28 heavy (non-hydrogen) atoms. The molecule has 0 radical (unpaired) electrons. The van der Waals surface area contributed by atoms with Crippen LogP contribution in [0.5, 0.6) is 0 Å². The summed E-state index contributed by atoms with van der Waals surface area (Å²) in [5.74, 6) is -0.0150. The first-order valence-electron chi connectivity index (χ1n) is 9.20. The summed E-state index contributed by atoms with van der Waals surface area (Å²) >= 11 is 11.9. The molecule has 1 amide bonds. The molecule has 1 heterocycles. The molecule has 1 atom stereocenters. The third-order valence-electron chi connectivity index (χ3n) is 4.93. The zero-order chi connectivity index (χ0) is 20.3. The smallest absolute Gasteiger partial charge is 0.263 e. The Morgan fingerprint density at radius 2 is 1.86 bits per heavy atom. The predicted octanol–water partition coefficient (Wildman–Crippen LogP) is 5.20. The van der Waals surface area contributed by atoms with Gasteiger partial charge in [0.05, 0.1) is 5.02 Å². The quantitative estimate of drug-likeness (QED) is 0.694. The highest BCUT2D eigenvalue weighted by Gasteiger charge is 2.26. The molecule has 2 aromatic rings. The van der Waals surface area contributed by atoms with Crippen molar-refractivity contribution in [2.24, 2.45) is 0 Å². The van der Waals surface area contributed by atoms with Crippen LogP contribution in [0.15, 0.2) is 47.4 Å². The van der Waals surface area contributed by atoms with Gasteiger partial charge in [-0.15, -0.1) is 0 Å². The van der Waals surface area contributed by atoms with Crippen molar-refractivity contribution in [1.82, 2.24) is 4.90 Å². The monoisotopic (exact) mass is 440 g/mol. The molecule has 1 N–H and O–H groups in total. The van der Waals surface area contributed by atoms with E-state index < -0.39 is 10.0 Å². The minimum Gasteiger partial charge on any atom is -0.336 e. The summed E-state index contributed by atoms with van der Waals surface area (Å²) in [7, 11) is -3.89. The molecule has 5 nitrogen and oxygen atoms in total. The summed E-state index contributed by atoms with van der Waals surface area (Å²) in [6.45, 7) is 2.86. The van der Waals surface area contributed by atoms with Gasteiger partial charge in [0.1, 0.15) is 4.90 Å². The largest absolute Gasteiger partial charge is 0.336 e. The molecule has 0 aliphatic carbocycles. The number of benzene rings is 2. The van der Waals surface area contributed by atoms with Crippen LogP contribution in [0, 0.1) is 0 Å². The van der Waals surface area contributed by atoms with Gasteiger partial charge in [-0.25, -0.2) is 8.42 Å². The third kappa shape index (κ3) is 4.62. The van der Waals surface area contributed by atoms with Gasteiger partial charge in [-0.3, -0.25) is 9.52 Å². The van der Waals surface area contributed by atoms with Gasteiger partial charge in [-0.2, -0.15) is 0 Å². The van der Waals surface area contributed by atoms with Crippen LogP contribution in [0.3, 0.4) is 0 Å². The van der Waals surface area contributed by atoms with Crippen molar-refractivity contribution in [1.29, 1.82) is 0 Å². The number of likely N-dealkylation sites (tertiary alicyclic amines) is 1. The lowest BCUT2D eigenvalue weighted by molar-refractivity contribution is 0.0608. The molecule has 1 unspecified atom stereocenters. The van der Waals surface area contributed by atoms with Gasteiger partial charge in [0.15, 0.2) is 0 Å². The van der Waals surface area contributed by atoms with Crippen LogP contribution in [0.1, 0.15) is 43.0 Å². The number of halogens is 2. The number of piperidine rings is 1. The molecule has 1 fully saturated rings. The molecule has 150 valence electrons. The molecule has 0 spiro atoms. The average Bonchev–Trinajstić information content (AvgIpc) is 2.69. The van der Waals surface area contributed by atoms with Crippen molar-refractivity contribution in [2.45, 2.75) is 43.5 Å². The molecular weight excluding hydrogens is 419 g/mol. The first kappa shape index (κ1) is 21.0. The lowest BCUT2D eigenvalue weighted by Gasteiger charge is -2.35. The van der Waals surface area contributed by atoms with Gasteiger partial charge in [-0.1, -0.05) is 30.1 Å².